The summed E-state index contributed by atoms with van der Waals surface area (Å²) in [4.78, 5) is 12.6. The maximum atomic E-state index is 13.5. The number of rotatable bonds is 4. The Morgan fingerprint density at radius 3 is 2.67 bits per heavy atom. The first kappa shape index (κ1) is 22.6. The summed E-state index contributed by atoms with van der Waals surface area (Å²) in [5.41, 5.74) is 1.17. The predicted octanol–water partition coefficient (Wildman–Crippen LogP) is 5.19. The van der Waals surface area contributed by atoms with E-state index in [4.69, 9.17) is 4.74 Å². The number of benzene rings is 2. The summed E-state index contributed by atoms with van der Waals surface area (Å²) in [6, 6.07) is 8.65. The fourth-order valence-corrected chi connectivity index (χ4v) is 4.09. The van der Waals surface area contributed by atoms with E-state index in [1.807, 2.05) is 19.1 Å². The van der Waals surface area contributed by atoms with E-state index >= 15 is 0 Å². The van der Waals surface area contributed by atoms with Crippen molar-refractivity contribution in [3.8, 4) is 17.0 Å². The lowest BCUT2D eigenvalue weighted by molar-refractivity contribution is -0.137. The van der Waals surface area contributed by atoms with Crippen molar-refractivity contribution in [2.75, 3.05) is 25.5 Å². The second-order valence-corrected chi connectivity index (χ2v) is 8.07. The van der Waals surface area contributed by atoms with Crippen molar-refractivity contribution in [2.45, 2.75) is 32.0 Å². The van der Waals surface area contributed by atoms with Crippen LogP contribution in [0, 0.1) is 6.92 Å². The normalized spacial score (nSPS) is 16.6. The third-order valence-corrected chi connectivity index (χ3v) is 5.75. The Kier molecular flexibility index (Phi) is 6.01. The van der Waals surface area contributed by atoms with E-state index in [1.165, 1.54) is 18.1 Å². The number of carboxylic acid groups (broad SMARTS) is 1. The van der Waals surface area contributed by atoms with E-state index in [1.54, 1.807) is 6.07 Å². The predicted molar refractivity (Wildman–Crippen MR) is 118 cm³/mol. The number of halogens is 3. The molecule has 1 fully saturated rings. The summed E-state index contributed by atoms with van der Waals surface area (Å²) in [6.45, 7) is 2.54. The number of likely N-dealkylation sites (tertiary alicyclic amines) is 1. The highest BCUT2D eigenvalue weighted by Crippen LogP contribution is 2.39. The molecule has 1 saturated heterocycles. The van der Waals surface area contributed by atoms with Crippen molar-refractivity contribution in [2.24, 2.45) is 0 Å². The SMILES string of the molecule is COc1cc(C)ccc1-c1nnc(N[C@@H]2CCCN(C(=O)O)C2)c2cc(C(F)(F)F)ccc12. The van der Waals surface area contributed by atoms with E-state index in [0.29, 0.717) is 41.8 Å². The van der Waals surface area contributed by atoms with Crippen LogP contribution < -0.4 is 10.1 Å². The molecule has 174 valence electrons. The van der Waals surface area contributed by atoms with Gasteiger partial charge in [-0.15, -0.1) is 10.2 Å². The third kappa shape index (κ3) is 4.64. The van der Waals surface area contributed by atoms with Gasteiger partial charge < -0.3 is 20.1 Å². The lowest BCUT2D eigenvalue weighted by atomic mass is 10.00. The average Bonchev–Trinajstić information content (AvgIpc) is 2.78. The first-order valence-electron chi connectivity index (χ1n) is 10.4. The Balaban J connectivity index is 1.83. The summed E-state index contributed by atoms with van der Waals surface area (Å²) in [5, 5.41) is 21.7. The van der Waals surface area contributed by atoms with Crippen LogP contribution in [-0.4, -0.2) is 52.5 Å². The molecule has 2 N–H and O–H groups in total. The zero-order valence-electron chi connectivity index (χ0n) is 18.1. The minimum Gasteiger partial charge on any atom is -0.496 e. The number of hydrogen-bond donors (Lipinski definition) is 2. The monoisotopic (exact) mass is 460 g/mol. The standard InChI is InChI=1S/C23H23F3N4O3/c1-13-5-7-17(19(10-13)33-2)20-16-8-6-14(23(24,25)26)11-18(16)21(29-28-20)27-15-4-3-9-30(12-15)22(31)32/h5-8,10-11,15H,3-4,9,12H2,1-2H3,(H,27,29)(H,31,32)/t15-/m1/s1. The van der Waals surface area contributed by atoms with Crippen LogP contribution in [0.25, 0.3) is 22.0 Å². The van der Waals surface area contributed by atoms with Crippen LogP contribution in [0.5, 0.6) is 5.75 Å². The number of fused-ring (bicyclic) bond motifs is 1. The third-order valence-electron chi connectivity index (χ3n) is 5.75. The number of aromatic nitrogens is 2. The van der Waals surface area contributed by atoms with E-state index in [-0.39, 0.29) is 23.8 Å². The van der Waals surface area contributed by atoms with Crippen molar-refractivity contribution < 1.29 is 27.8 Å². The highest BCUT2D eigenvalue weighted by Gasteiger charge is 2.32. The molecule has 0 spiro atoms. The maximum absolute atomic E-state index is 13.5. The molecule has 2 aromatic carbocycles. The molecule has 0 radical (unpaired) electrons. The highest BCUT2D eigenvalue weighted by atomic mass is 19.4. The zero-order chi connectivity index (χ0) is 23.8. The topological polar surface area (TPSA) is 87.6 Å². The zero-order valence-corrected chi connectivity index (χ0v) is 18.1. The van der Waals surface area contributed by atoms with E-state index in [0.717, 1.165) is 17.7 Å². The number of methoxy groups -OCH3 is 1. The fourth-order valence-electron chi connectivity index (χ4n) is 4.09. The van der Waals surface area contributed by atoms with E-state index in [2.05, 4.69) is 15.5 Å². The van der Waals surface area contributed by atoms with Crippen LogP contribution in [-0.2, 0) is 6.18 Å². The summed E-state index contributed by atoms with van der Waals surface area (Å²) < 4.78 is 45.9. The molecule has 1 aliphatic heterocycles. The smallest absolute Gasteiger partial charge is 0.416 e. The summed E-state index contributed by atoms with van der Waals surface area (Å²) in [5.74, 6) is 0.721. The van der Waals surface area contributed by atoms with Crippen molar-refractivity contribution >= 4 is 22.7 Å². The molecule has 3 aromatic rings. The van der Waals surface area contributed by atoms with Gasteiger partial charge in [-0.25, -0.2) is 4.79 Å². The summed E-state index contributed by atoms with van der Waals surface area (Å²) in [6.07, 6.45) is -4.25. The molecule has 0 saturated carbocycles. The van der Waals surface area contributed by atoms with Crippen LogP contribution in [0.2, 0.25) is 0 Å². The van der Waals surface area contributed by atoms with E-state index < -0.39 is 17.8 Å². The van der Waals surface area contributed by atoms with Crippen LogP contribution in [0.15, 0.2) is 36.4 Å². The van der Waals surface area contributed by atoms with Gasteiger partial charge in [0.05, 0.1) is 12.7 Å². The molecular formula is C23H23F3N4O3. The Labute approximate surface area is 188 Å². The summed E-state index contributed by atoms with van der Waals surface area (Å²) in [7, 11) is 1.52. The van der Waals surface area contributed by atoms with Gasteiger partial charge in [0.25, 0.3) is 0 Å². The molecule has 4 rings (SSSR count). The molecule has 0 aliphatic carbocycles. The van der Waals surface area contributed by atoms with Gasteiger partial charge in [0.1, 0.15) is 11.4 Å². The number of anilines is 1. The molecule has 1 aromatic heterocycles. The molecule has 1 atom stereocenters. The first-order valence-corrected chi connectivity index (χ1v) is 10.4. The number of amides is 1. The Hall–Kier alpha value is -3.56. The number of alkyl halides is 3. The molecule has 7 nitrogen and oxygen atoms in total. The van der Waals surface area contributed by atoms with Gasteiger partial charge in [-0.05, 0) is 49.6 Å². The number of carbonyl (C=O) groups is 1. The number of nitrogens with one attached hydrogen (secondary N) is 1. The number of nitrogens with zero attached hydrogens (tertiary/aromatic N) is 3. The lowest BCUT2D eigenvalue weighted by Gasteiger charge is -2.31. The minimum atomic E-state index is -4.53. The number of ether oxygens (including phenoxy) is 1. The second kappa shape index (κ2) is 8.76. The molecule has 2 heterocycles. The van der Waals surface area contributed by atoms with Crippen LogP contribution in [0.1, 0.15) is 24.0 Å². The number of piperidine rings is 1. The van der Waals surface area contributed by atoms with Crippen LogP contribution in [0.4, 0.5) is 23.8 Å². The average molecular weight is 460 g/mol. The minimum absolute atomic E-state index is 0.183. The van der Waals surface area contributed by atoms with Crippen molar-refractivity contribution in [3.05, 3.63) is 47.5 Å². The van der Waals surface area contributed by atoms with Gasteiger partial charge in [0.2, 0.25) is 0 Å². The van der Waals surface area contributed by atoms with E-state index in [9.17, 15) is 23.1 Å². The van der Waals surface area contributed by atoms with Gasteiger partial charge >= 0.3 is 12.3 Å². The van der Waals surface area contributed by atoms with Gasteiger partial charge in [0.15, 0.2) is 5.82 Å². The Bertz CT molecular complexity index is 1200. The molecule has 0 bridgehead atoms. The Morgan fingerprint density at radius 2 is 1.97 bits per heavy atom. The highest BCUT2D eigenvalue weighted by molar-refractivity contribution is 6.01. The largest absolute Gasteiger partial charge is 0.496 e. The molecule has 33 heavy (non-hydrogen) atoms. The van der Waals surface area contributed by atoms with Crippen molar-refractivity contribution in [1.82, 2.24) is 15.1 Å². The molecule has 0 unspecified atom stereocenters. The van der Waals surface area contributed by atoms with Gasteiger partial charge in [-0.2, -0.15) is 13.2 Å². The Morgan fingerprint density at radius 1 is 1.18 bits per heavy atom. The van der Waals surface area contributed by atoms with Crippen LogP contribution in [0.3, 0.4) is 0 Å². The molecule has 10 heteroatoms. The van der Waals surface area contributed by atoms with Gasteiger partial charge in [-0.1, -0.05) is 12.1 Å². The molecule has 1 amide bonds. The lowest BCUT2D eigenvalue weighted by Crippen LogP contribution is -2.44. The van der Waals surface area contributed by atoms with Crippen LogP contribution >= 0.6 is 0 Å². The maximum Gasteiger partial charge on any atom is 0.416 e. The second-order valence-electron chi connectivity index (χ2n) is 8.07. The first-order chi connectivity index (χ1) is 15.7. The van der Waals surface area contributed by atoms with Gasteiger partial charge in [-0.3, -0.25) is 0 Å². The van der Waals surface area contributed by atoms with Gasteiger partial charge in [0, 0.05) is 35.5 Å². The quantitative estimate of drug-likeness (QED) is 0.557. The fraction of sp³-hybridized carbons (Fsp3) is 0.348. The van der Waals surface area contributed by atoms with Crippen molar-refractivity contribution in [3.63, 3.8) is 0 Å². The number of hydrogen-bond acceptors (Lipinski definition) is 5. The number of aryl methyl sites for hydroxylation is 1. The molecular weight excluding hydrogens is 437 g/mol. The summed E-state index contributed by atoms with van der Waals surface area (Å²) >= 11 is 0. The molecule has 1 aliphatic rings. The van der Waals surface area contributed by atoms with Crippen molar-refractivity contribution in [1.29, 1.82) is 0 Å².